The Balaban J connectivity index is 1.80. The van der Waals surface area contributed by atoms with Crippen LogP contribution < -0.4 is 5.32 Å². The first-order chi connectivity index (χ1) is 11.0. The Kier molecular flexibility index (Phi) is 4.02. The molecular formula is C18H18N2O3. The van der Waals surface area contributed by atoms with Gasteiger partial charge >= 0.3 is 0 Å². The van der Waals surface area contributed by atoms with Crippen LogP contribution in [0.1, 0.15) is 41.6 Å². The first-order valence-corrected chi connectivity index (χ1v) is 7.46. The smallest absolute Gasteiger partial charge is 0.278 e. The van der Waals surface area contributed by atoms with Gasteiger partial charge in [-0.15, -0.1) is 0 Å². The second kappa shape index (κ2) is 6.12. The van der Waals surface area contributed by atoms with Crippen molar-refractivity contribution in [2.24, 2.45) is 0 Å². The number of furan rings is 1. The minimum atomic E-state index is -0.333. The molecule has 0 aliphatic heterocycles. The van der Waals surface area contributed by atoms with Crippen LogP contribution in [0.3, 0.4) is 0 Å². The Labute approximate surface area is 134 Å². The Morgan fingerprint density at radius 3 is 2.48 bits per heavy atom. The van der Waals surface area contributed by atoms with Crippen LogP contribution in [-0.4, -0.2) is 10.9 Å². The topological polar surface area (TPSA) is 68.3 Å². The van der Waals surface area contributed by atoms with E-state index in [4.69, 9.17) is 8.83 Å². The zero-order chi connectivity index (χ0) is 16.4. The fraction of sp³-hybridized carbons (Fsp3) is 0.222. The van der Waals surface area contributed by atoms with Gasteiger partial charge in [0.2, 0.25) is 5.76 Å². The van der Waals surface area contributed by atoms with Gasteiger partial charge in [0, 0.05) is 5.69 Å². The third-order valence-electron chi connectivity index (χ3n) is 3.58. The average molecular weight is 310 g/mol. The standard InChI is InChI=1S/C18H18N2O3/c1-11(2)13-5-7-14(8-6-13)20-18(21)16-17(22-10-19-16)15-9-4-12(3)23-15/h4-11H,1-3H3,(H,20,21). The molecular weight excluding hydrogens is 292 g/mol. The number of amides is 1. The molecule has 1 amide bonds. The molecule has 1 N–H and O–H groups in total. The summed E-state index contributed by atoms with van der Waals surface area (Å²) in [6, 6.07) is 11.3. The van der Waals surface area contributed by atoms with Gasteiger partial charge in [-0.3, -0.25) is 4.79 Å². The molecule has 3 rings (SSSR count). The molecule has 118 valence electrons. The molecule has 0 spiro atoms. The molecule has 2 aromatic heterocycles. The quantitative estimate of drug-likeness (QED) is 0.763. The number of anilines is 1. The summed E-state index contributed by atoms with van der Waals surface area (Å²) in [6.07, 6.45) is 1.24. The summed E-state index contributed by atoms with van der Waals surface area (Å²) in [5, 5.41) is 2.82. The Bertz CT molecular complexity index is 813. The lowest BCUT2D eigenvalue weighted by Gasteiger charge is -2.07. The molecule has 2 heterocycles. The van der Waals surface area contributed by atoms with Crippen molar-refractivity contribution in [1.82, 2.24) is 4.98 Å². The van der Waals surface area contributed by atoms with E-state index in [1.165, 1.54) is 12.0 Å². The van der Waals surface area contributed by atoms with E-state index >= 15 is 0 Å². The fourth-order valence-electron chi connectivity index (χ4n) is 2.28. The van der Waals surface area contributed by atoms with E-state index in [1.54, 1.807) is 6.07 Å². The molecule has 0 saturated carbocycles. The molecule has 5 heteroatoms. The number of aryl methyl sites for hydroxylation is 1. The van der Waals surface area contributed by atoms with Crippen LogP contribution in [0.2, 0.25) is 0 Å². The van der Waals surface area contributed by atoms with E-state index in [9.17, 15) is 4.79 Å². The second-order valence-electron chi connectivity index (χ2n) is 5.67. The zero-order valence-corrected chi connectivity index (χ0v) is 13.3. The van der Waals surface area contributed by atoms with Crippen molar-refractivity contribution in [1.29, 1.82) is 0 Å². The van der Waals surface area contributed by atoms with Crippen molar-refractivity contribution < 1.29 is 13.6 Å². The predicted molar refractivity (Wildman–Crippen MR) is 87.4 cm³/mol. The molecule has 0 atom stereocenters. The highest BCUT2D eigenvalue weighted by Gasteiger charge is 2.20. The average Bonchev–Trinajstić information content (AvgIpc) is 3.16. The van der Waals surface area contributed by atoms with Crippen molar-refractivity contribution in [3.8, 4) is 11.5 Å². The maximum atomic E-state index is 12.4. The highest BCUT2D eigenvalue weighted by atomic mass is 16.4. The number of nitrogens with one attached hydrogen (secondary N) is 1. The van der Waals surface area contributed by atoms with E-state index in [0.29, 0.717) is 23.1 Å². The van der Waals surface area contributed by atoms with Gasteiger partial charge in [0.05, 0.1) is 0 Å². The van der Waals surface area contributed by atoms with Crippen molar-refractivity contribution >= 4 is 11.6 Å². The van der Waals surface area contributed by atoms with Gasteiger partial charge in [-0.2, -0.15) is 0 Å². The van der Waals surface area contributed by atoms with Crippen LogP contribution in [0.15, 0.2) is 51.6 Å². The molecule has 0 unspecified atom stereocenters. The van der Waals surface area contributed by atoms with Gasteiger partial charge in [0.25, 0.3) is 5.91 Å². The third kappa shape index (κ3) is 3.18. The van der Waals surface area contributed by atoms with Crippen molar-refractivity contribution in [2.45, 2.75) is 26.7 Å². The van der Waals surface area contributed by atoms with E-state index in [1.807, 2.05) is 37.3 Å². The monoisotopic (exact) mass is 310 g/mol. The van der Waals surface area contributed by atoms with Crippen LogP contribution in [-0.2, 0) is 0 Å². The summed E-state index contributed by atoms with van der Waals surface area (Å²) in [5.74, 6) is 1.67. The molecule has 0 saturated heterocycles. The molecule has 0 aliphatic carbocycles. The summed E-state index contributed by atoms with van der Waals surface area (Å²) in [6.45, 7) is 6.08. The molecule has 0 aliphatic rings. The first-order valence-electron chi connectivity index (χ1n) is 7.46. The van der Waals surface area contributed by atoms with Gasteiger partial charge in [0.1, 0.15) is 5.76 Å². The SMILES string of the molecule is Cc1ccc(-c2ocnc2C(=O)Nc2ccc(C(C)C)cc2)o1. The van der Waals surface area contributed by atoms with Gasteiger partial charge < -0.3 is 14.2 Å². The number of nitrogens with zero attached hydrogens (tertiary/aromatic N) is 1. The summed E-state index contributed by atoms with van der Waals surface area (Å²) in [7, 11) is 0. The maximum absolute atomic E-state index is 12.4. The molecule has 5 nitrogen and oxygen atoms in total. The Hall–Kier alpha value is -2.82. The second-order valence-corrected chi connectivity index (χ2v) is 5.67. The zero-order valence-electron chi connectivity index (χ0n) is 13.3. The largest absolute Gasteiger partial charge is 0.458 e. The summed E-state index contributed by atoms with van der Waals surface area (Å²) >= 11 is 0. The van der Waals surface area contributed by atoms with Gasteiger partial charge in [-0.25, -0.2) is 4.98 Å². The van der Waals surface area contributed by atoms with Crippen LogP contribution in [0.25, 0.3) is 11.5 Å². The summed E-state index contributed by atoms with van der Waals surface area (Å²) in [5.41, 5.74) is 2.13. The van der Waals surface area contributed by atoms with Gasteiger partial charge in [0.15, 0.2) is 17.8 Å². The minimum Gasteiger partial charge on any atom is -0.458 e. The van der Waals surface area contributed by atoms with E-state index in [-0.39, 0.29) is 11.6 Å². The van der Waals surface area contributed by atoms with Crippen LogP contribution in [0, 0.1) is 6.92 Å². The van der Waals surface area contributed by atoms with E-state index < -0.39 is 0 Å². The highest BCUT2D eigenvalue weighted by Crippen LogP contribution is 2.26. The fourth-order valence-corrected chi connectivity index (χ4v) is 2.28. The number of hydrogen-bond acceptors (Lipinski definition) is 4. The lowest BCUT2D eigenvalue weighted by molar-refractivity contribution is 0.102. The lowest BCUT2D eigenvalue weighted by Crippen LogP contribution is -2.13. The van der Waals surface area contributed by atoms with Crippen molar-refractivity contribution in [3.05, 3.63) is 59.8 Å². The van der Waals surface area contributed by atoms with E-state index in [2.05, 4.69) is 24.1 Å². The third-order valence-corrected chi connectivity index (χ3v) is 3.58. The Morgan fingerprint density at radius 1 is 1.13 bits per heavy atom. The molecule has 0 bridgehead atoms. The molecule has 0 radical (unpaired) electrons. The van der Waals surface area contributed by atoms with Crippen molar-refractivity contribution in [2.75, 3.05) is 5.32 Å². The number of carbonyl (C=O) groups is 1. The maximum Gasteiger partial charge on any atom is 0.278 e. The van der Waals surface area contributed by atoms with Crippen molar-refractivity contribution in [3.63, 3.8) is 0 Å². The van der Waals surface area contributed by atoms with Gasteiger partial charge in [-0.1, -0.05) is 26.0 Å². The first kappa shape index (κ1) is 15.1. The van der Waals surface area contributed by atoms with E-state index in [0.717, 1.165) is 5.76 Å². The van der Waals surface area contributed by atoms with Crippen LogP contribution in [0.4, 0.5) is 5.69 Å². The van der Waals surface area contributed by atoms with Gasteiger partial charge in [-0.05, 0) is 42.7 Å². The van der Waals surface area contributed by atoms with Crippen LogP contribution in [0.5, 0.6) is 0 Å². The number of oxazole rings is 1. The number of hydrogen-bond donors (Lipinski definition) is 1. The molecule has 0 fully saturated rings. The minimum absolute atomic E-state index is 0.201. The number of carbonyl (C=O) groups excluding carboxylic acids is 1. The highest BCUT2D eigenvalue weighted by molar-refractivity contribution is 6.06. The number of rotatable bonds is 4. The molecule has 1 aromatic carbocycles. The summed E-state index contributed by atoms with van der Waals surface area (Å²) in [4.78, 5) is 16.4. The number of aromatic nitrogens is 1. The normalized spacial score (nSPS) is 11.0. The lowest BCUT2D eigenvalue weighted by atomic mass is 10.0. The molecule has 23 heavy (non-hydrogen) atoms. The van der Waals surface area contributed by atoms with Crippen LogP contribution >= 0.6 is 0 Å². The predicted octanol–water partition coefficient (Wildman–Crippen LogP) is 4.62. The molecule has 3 aromatic rings. The number of benzene rings is 1. The summed E-state index contributed by atoms with van der Waals surface area (Å²) < 4.78 is 10.8. The Morgan fingerprint density at radius 2 is 1.87 bits per heavy atom.